The fourth-order valence-electron chi connectivity index (χ4n) is 3.65. The molecular formula is C18H21IN4O3S. The molecule has 1 aromatic carbocycles. The van der Waals surface area contributed by atoms with E-state index in [1.54, 1.807) is 24.3 Å². The van der Waals surface area contributed by atoms with E-state index in [2.05, 4.69) is 37.5 Å². The van der Waals surface area contributed by atoms with Crippen molar-refractivity contribution in [2.24, 2.45) is 5.92 Å². The highest BCUT2D eigenvalue weighted by atomic mass is 127. The standard InChI is InChI=1S/C18H21IN4O3S/c1-11-2-4-14(5-3-11)27(24,25)26-9-12-6-13(7-12)23-8-15(19)16-17(20)21-10-22-18(16)23/h2-5,10,12-13,15H,6-9H2,1H3,(H2,20,21,22). The van der Waals surface area contributed by atoms with Gasteiger partial charge in [0.15, 0.2) is 0 Å². The summed E-state index contributed by atoms with van der Waals surface area (Å²) in [7, 11) is -3.70. The van der Waals surface area contributed by atoms with Crippen LogP contribution in [0.5, 0.6) is 0 Å². The molecule has 1 aliphatic carbocycles. The van der Waals surface area contributed by atoms with Crippen molar-refractivity contribution >= 4 is 44.3 Å². The van der Waals surface area contributed by atoms with Crippen LogP contribution >= 0.6 is 22.6 Å². The average molecular weight is 500 g/mol. The number of nitrogens with zero attached hydrogens (tertiary/aromatic N) is 3. The minimum atomic E-state index is -3.70. The van der Waals surface area contributed by atoms with Crippen molar-refractivity contribution in [2.45, 2.75) is 34.6 Å². The van der Waals surface area contributed by atoms with Gasteiger partial charge in [0.05, 0.1) is 21.0 Å². The Kier molecular flexibility index (Phi) is 5.02. The quantitative estimate of drug-likeness (QED) is 0.383. The second-order valence-corrected chi connectivity index (χ2v) is 10.3. The van der Waals surface area contributed by atoms with E-state index < -0.39 is 10.1 Å². The van der Waals surface area contributed by atoms with Gasteiger partial charge in [-0.1, -0.05) is 40.3 Å². The number of halogens is 1. The number of hydrogen-bond donors (Lipinski definition) is 1. The maximum Gasteiger partial charge on any atom is 0.296 e. The van der Waals surface area contributed by atoms with Crippen LogP contribution < -0.4 is 10.6 Å². The van der Waals surface area contributed by atoms with Crippen molar-refractivity contribution in [3.8, 4) is 0 Å². The molecule has 0 radical (unpaired) electrons. The fraction of sp³-hybridized carbons (Fsp3) is 0.444. The van der Waals surface area contributed by atoms with Gasteiger partial charge < -0.3 is 10.6 Å². The molecule has 2 N–H and O–H groups in total. The Morgan fingerprint density at radius 3 is 2.67 bits per heavy atom. The van der Waals surface area contributed by atoms with Crippen LogP contribution in [0.15, 0.2) is 35.5 Å². The lowest BCUT2D eigenvalue weighted by Crippen LogP contribution is -2.46. The summed E-state index contributed by atoms with van der Waals surface area (Å²) >= 11 is 2.37. The summed E-state index contributed by atoms with van der Waals surface area (Å²) in [5.41, 5.74) is 8.03. The van der Waals surface area contributed by atoms with Crippen LogP contribution in [-0.2, 0) is 14.3 Å². The number of aryl methyl sites for hydroxylation is 1. The Morgan fingerprint density at radius 2 is 1.96 bits per heavy atom. The highest BCUT2D eigenvalue weighted by molar-refractivity contribution is 14.1. The van der Waals surface area contributed by atoms with E-state index in [9.17, 15) is 8.42 Å². The first-order valence-corrected chi connectivity index (χ1v) is 11.5. The van der Waals surface area contributed by atoms with Crippen LogP contribution in [0.1, 0.15) is 27.9 Å². The summed E-state index contributed by atoms with van der Waals surface area (Å²) in [5, 5.41) is 0. The number of benzene rings is 1. The molecule has 1 fully saturated rings. The summed E-state index contributed by atoms with van der Waals surface area (Å²) in [6.07, 6.45) is 3.27. The number of hydrogen-bond acceptors (Lipinski definition) is 7. The number of alkyl halides is 1. The molecule has 7 nitrogen and oxygen atoms in total. The summed E-state index contributed by atoms with van der Waals surface area (Å²) in [4.78, 5) is 11.0. The normalized spacial score (nSPS) is 24.5. The highest BCUT2D eigenvalue weighted by Crippen LogP contribution is 2.46. The smallest absolute Gasteiger partial charge is 0.296 e. The van der Waals surface area contributed by atoms with Gasteiger partial charge in [-0.25, -0.2) is 9.97 Å². The molecule has 1 saturated carbocycles. The van der Waals surface area contributed by atoms with Crippen molar-refractivity contribution in [2.75, 3.05) is 23.8 Å². The van der Waals surface area contributed by atoms with E-state index in [1.165, 1.54) is 6.33 Å². The molecule has 2 aromatic rings. The van der Waals surface area contributed by atoms with E-state index in [1.807, 2.05) is 6.92 Å². The van der Waals surface area contributed by atoms with Crippen LogP contribution in [0.3, 0.4) is 0 Å². The third-order valence-electron chi connectivity index (χ3n) is 5.26. The second kappa shape index (κ2) is 7.17. The zero-order valence-electron chi connectivity index (χ0n) is 14.9. The Labute approximate surface area is 172 Å². The van der Waals surface area contributed by atoms with E-state index in [-0.39, 0.29) is 21.3 Å². The van der Waals surface area contributed by atoms with Crippen LogP contribution in [0.2, 0.25) is 0 Å². The molecule has 0 amide bonds. The maximum absolute atomic E-state index is 12.3. The van der Waals surface area contributed by atoms with E-state index >= 15 is 0 Å². The molecule has 27 heavy (non-hydrogen) atoms. The predicted octanol–water partition coefficient (Wildman–Crippen LogP) is 2.85. The lowest BCUT2D eigenvalue weighted by Gasteiger charge is -2.41. The largest absolute Gasteiger partial charge is 0.383 e. The molecule has 9 heteroatoms. The monoisotopic (exact) mass is 500 g/mol. The van der Waals surface area contributed by atoms with E-state index in [0.717, 1.165) is 36.3 Å². The van der Waals surface area contributed by atoms with Gasteiger partial charge in [-0.05, 0) is 37.8 Å². The Morgan fingerprint density at radius 1 is 1.26 bits per heavy atom. The van der Waals surface area contributed by atoms with Crippen LogP contribution in [0.4, 0.5) is 11.6 Å². The number of nitrogen functional groups attached to an aromatic ring is 1. The Bertz CT molecular complexity index is 946. The van der Waals surface area contributed by atoms with Gasteiger partial charge in [0.25, 0.3) is 10.1 Å². The molecule has 1 atom stereocenters. The van der Waals surface area contributed by atoms with Gasteiger partial charge in [0.1, 0.15) is 18.0 Å². The molecule has 1 aromatic heterocycles. The lowest BCUT2D eigenvalue weighted by atomic mass is 9.80. The van der Waals surface area contributed by atoms with Gasteiger partial charge in [-0.2, -0.15) is 8.42 Å². The number of fused-ring (bicyclic) bond motifs is 1. The molecule has 1 aliphatic heterocycles. The molecule has 4 rings (SSSR count). The average Bonchev–Trinajstić information content (AvgIpc) is 2.92. The van der Waals surface area contributed by atoms with Crippen molar-refractivity contribution < 1.29 is 12.6 Å². The molecule has 0 bridgehead atoms. The SMILES string of the molecule is Cc1ccc(S(=O)(=O)OCC2CC(N3CC(I)c4c(N)ncnc43)C2)cc1. The molecule has 0 saturated heterocycles. The number of rotatable bonds is 5. The zero-order chi connectivity index (χ0) is 19.2. The molecule has 1 unspecified atom stereocenters. The summed E-state index contributed by atoms with van der Waals surface area (Å²) in [5.74, 6) is 1.69. The number of nitrogens with two attached hydrogens (primary N) is 1. The van der Waals surface area contributed by atoms with Gasteiger partial charge in [0, 0.05) is 12.6 Å². The van der Waals surface area contributed by atoms with Crippen LogP contribution in [0.25, 0.3) is 0 Å². The summed E-state index contributed by atoms with van der Waals surface area (Å²) in [6, 6.07) is 7.05. The minimum Gasteiger partial charge on any atom is -0.383 e. The number of aromatic nitrogens is 2. The third-order valence-corrected chi connectivity index (χ3v) is 7.57. The topological polar surface area (TPSA) is 98.4 Å². The third kappa shape index (κ3) is 3.64. The predicted molar refractivity (Wildman–Crippen MR) is 111 cm³/mol. The molecule has 2 aliphatic rings. The maximum atomic E-state index is 12.3. The Hall–Kier alpha value is -1.46. The molecular weight excluding hydrogens is 479 g/mol. The van der Waals surface area contributed by atoms with Gasteiger partial charge in [-0.15, -0.1) is 0 Å². The first kappa shape index (κ1) is 18.9. The van der Waals surface area contributed by atoms with Crippen LogP contribution in [0, 0.1) is 12.8 Å². The van der Waals surface area contributed by atoms with Crippen molar-refractivity contribution in [1.82, 2.24) is 9.97 Å². The summed E-state index contributed by atoms with van der Waals surface area (Å²) < 4.78 is 30.2. The first-order chi connectivity index (χ1) is 12.8. The van der Waals surface area contributed by atoms with Crippen molar-refractivity contribution in [1.29, 1.82) is 0 Å². The van der Waals surface area contributed by atoms with Crippen molar-refractivity contribution in [3.05, 3.63) is 41.7 Å². The van der Waals surface area contributed by atoms with Crippen molar-refractivity contribution in [3.63, 3.8) is 0 Å². The highest BCUT2D eigenvalue weighted by Gasteiger charge is 2.41. The summed E-state index contributed by atoms with van der Waals surface area (Å²) in [6.45, 7) is 2.99. The van der Waals surface area contributed by atoms with Crippen LogP contribution in [-0.4, -0.2) is 37.6 Å². The lowest BCUT2D eigenvalue weighted by molar-refractivity contribution is 0.159. The first-order valence-electron chi connectivity index (χ1n) is 8.82. The van der Waals surface area contributed by atoms with Gasteiger partial charge >= 0.3 is 0 Å². The number of anilines is 2. The minimum absolute atomic E-state index is 0.206. The zero-order valence-corrected chi connectivity index (χ0v) is 17.9. The van der Waals surface area contributed by atoms with Gasteiger partial charge in [-0.3, -0.25) is 4.18 Å². The fourth-order valence-corrected chi connectivity index (χ4v) is 5.65. The molecule has 2 heterocycles. The van der Waals surface area contributed by atoms with E-state index in [0.29, 0.717) is 11.9 Å². The van der Waals surface area contributed by atoms with E-state index in [4.69, 9.17) is 9.92 Å². The second-order valence-electron chi connectivity index (χ2n) is 7.16. The molecule has 144 valence electrons. The van der Waals surface area contributed by atoms with Gasteiger partial charge in [0.2, 0.25) is 0 Å². The Balaban J connectivity index is 1.35. The molecule has 0 spiro atoms.